The minimum absolute atomic E-state index is 0.0275. The average Bonchev–Trinajstić information content (AvgIpc) is 3.06. The highest BCUT2D eigenvalue weighted by molar-refractivity contribution is 5.86. The monoisotopic (exact) mass is 462 g/mol. The van der Waals surface area contributed by atoms with Crippen LogP contribution in [0.4, 0.5) is 8.78 Å². The molecule has 0 saturated heterocycles. The van der Waals surface area contributed by atoms with E-state index in [1.165, 1.54) is 37.5 Å². The molecule has 3 aromatic rings. The Morgan fingerprint density at radius 3 is 2.47 bits per heavy atom. The molecule has 1 unspecified atom stereocenters. The van der Waals surface area contributed by atoms with Gasteiger partial charge in [-0.15, -0.1) is 0 Å². The number of nitrogens with zero attached hydrogens (tertiary/aromatic N) is 1. The summed E-state index contributed by atoms with van der Waals surface area (Å²) < 4.78 is 31.3. The second-order valence-corrected chi connectivity index (χ2v) is 11.1. The maximum atomic E-state index is 15.7. The first-order valence-corrected chi connectivity index (χ1v) is 11.9. The fraction of sp³-hybridized carbons (Fsp3) is 0.393. The lowest BCUT2D eigenvalue weighted by Gasteiger charge is -2.65. The van der Waals surface area contributed by atoms with Crippen LogP contribution in [0.1, 0.15) is 61.5 Å². The first kappa shape index (κ1) is 21.5. The zero-order valence-corrected chi connectivity index (χ0v) is 19.4. The van der Waals surface area contributed by atoms with Gasteiger partial charge < -0.3 is 10.1 Å². The van der Waals surface area contributed by atoms with Crippen LogP contribution >= 0.6 is 0 Å². The van der Waals surface area contributed by atoms with E-state index < -0.39 is 23.6 Å². The molecular weight excluding hydrogens is 434 g/mol. The molecule has 0 spiro atoms. The maximum absolute atomic E-state index is 15.7. The van der Waals surface area contributed by atoms with Crippen LogP contribution in [0.5, 0.6) is 0 Å². The Labute approximate surface area is 197 Å². The predicted molar refractivity (Wildman–Crippen MR) is 127 cm³/mol. The summed E-state index contributed by atoms with van der Waals surface area (Å²) in [5.41, 5.74) is 3.15. The van der Waals surface area contributed by atoms with Crippen LogP contribution in [0, 0.1) is 23.0 Å². The van der Waals surface area contributed by atoms with Crippen molar-refractivity contribution in [3.05, 3.63) is 76.5 Å². The molecule has 0 radical (unpaired) electrons. The SMILES string of the molecule is CC1(C)Cc2c([nH]c3ccccc23)C(c2c(F)cc(C=CC(=O)O)cc2F)N1CC12CC(C1)C2. The van der Waals surface area contributed by atoms with Crippen molar-refractivity contribution in [1.29, 1.82) is 0 Å². The van der Waals surface area contributed by atoms with Crippen LogP contribution in [0.3, 0.4) is 0 Å². The van der Waals surface area contributed by atoms with E-state index in [9.17, 15) is 4.79 Å². The Balaban J connectivity index is 1.53. The summed E-state index contributed by atoms with van der Waals surface area (Å²) >= 11 is 0. The van der Waals surface area contributed by atoms with Gasteiger partial charge in [-0.05, 0) is 86.3 Å². The lowest BCUT2D eigenvalue weighted by atomic mass is 9.44. The standard InChI is InChI=1S/C28H28F2N2O2/c1-27(2)14-19-18-5-3-4-6-22(18)31-25(19)26(32(27)15-28-11-17(12-28)13-28)24-20(29)9-16(10-21(24)30)7-8-23(33)34/h3-10,17,26,31H,11-15H2,1-2H3,(H,33,34). The maximum Gasteiger partial charge on any atom is 0.328 e. The minimum Gasteiger partial charge on any atom is -0.478 e. The Bertz CT molecular complexity index is 1320. The van der Waals surface area contributed by atoms with Crippen molar-refractivity contribution in [3.63, 3.8) is 0 Å². The van der Waals surface area contributed by atoms with Gasteiger partial charge in [0.15, 0.2) is 0 Å². The Kier molecular flexibility index (Phi) is 4.59. The number of para-hydroxylation sites is 1. The molecular formula is C28H28F2N2O2. The molecule has 7 rings (SSSR count). The normalized spacial score (nSPS) is 27.4. The number of fused-ring (bicyclic) bond motifs is 3. The zero-order chi connectivity index (χ0) is 23.8. The van der Waals surface area contributed by atoms with Crippen LogP contribution in [-0.2, 0) is 11.2 Å². The van der Waals surface area contributed by atoms with Gasteiger partial charge in [0.1, 0.15) is 11.6 Å². The Hall–Kier alpha value is -2.99. The van der Waals surface area contributed by atoms with E-state index in [0.29, 0.717) is 0 Å². The molecule has 6 heteroatoms. The molecule has 176 valence electrons. The Morgan fingerprint density at radius 1 is 1.18 bits per heavy atom. The summed E-state index contributed by atoms with van der Waals surface area (Å²) in [6.07, 6.45) is 6.52. The summed E-state index contributed by atoms with van der Waals surface area (Å²) in [5, 5.41) is 10.00. The van der Waals surface area contributed by atoms with Gasteiger partial charge in [-0.1, -0.05) is 18.2 Å². The molecule has 3 aliphatic carbocycles. The molecule has 0 amide bonds. The topological polar surface area (TPSA) is 56.3 Å². The third-order valence-electron chi connectivity index (χ3n) is 8.28. The van der Waals surface area contributed by atoms with E-state index in [2.05, 4.69) is 29.8 Å². The highest BCUT2D eigenvalue weighted by Gasteiger charge is 2.59. The van der Waals surface area contributed by atoms with E-state index in [-0.39, 0.29) is 22.1 Å². The lowest BCUT2D eigenvalue weighted by Crippen LogP contribution is -2.62. The van der Waals surface area contributed by atoms with Crippen LogP contribution in [0.15, 0.2) is 42.5 Å². The smallest absolute Gasteiger partial charge is 0.328 e. The third kappa shape index (κ3) is 3.22. The number of halogens is 2. The van der Waals surface area contributed by atoms with Crippen molar-refractivity contribution in [2.75, 3.05) is 6.54 Å². The van der Waals surface area contributed by atoms with Crippen LogP contribution in [0.25, 0.3) is 17.0 Å². The molecule has 1 aromatic heterocycles. The van der Waals surface area contributed by atoms with Gasteiger partial charge in [0.2, 0.25) is 0 Å². The number of hydrogen-bond donors (Lipinski definition) is 2. The third-order valence-corrected chi connectivity index (χ3v) is 8.28. The second-order valence-electron chi connectivity index (χ2n) is 11.1. The number of H-pyrrole nitrogens is 1. The largest absolute Gasteiger partial charge is 0.478 e. The summed E-state index contributed by atoms with van der Waals surface area (Å²) in [5.74, 6) is -1.64. The van der Waals surface area contributed by atoms with Gasteiger partial charge >= 0.3 is 5.97 Å². The quantitative estimate of drug-likeness (QED) is 0.453. The highest BCUT2D eigenvalue weighted by Crippen LogP contribution is 2.65. The average molecular weight is 463 g/mol. The molecule has 3 saturated carbocycles. The van der Waals surface area contributed by atoms with Gasteiger partial charge in [-0.25, -0.2) is 13.6 Å². The van der Waals surface area contributed by atoms with Crippen molar-refractivity contribution >= 4 is 22.9 Å². The Morgan fingerprint density at radius 2 is 1.85 bits per heavy atom. The number of carboxylic acid groups (broad SMARTS) is 1. The number of carbonyl (C=O) groups is 1. The van der Waals surface area contributed by atoms with Crippen LogP contribution in [-0.4, -0.2) is 33.0 Å². The number of rotatable bonds is 5. The van der Waals surface area contributed by atoms with Crippen LogP contribution in [0.2, 0.25) is 0 Å². The highest BCUT2D eigenvalue weighted by atomic mass is 19.1. The molecule has 2 heterocycles. The molecule has 2 bridgehead atoms. The molecule has 1 atom stereocenters. The van der Waals surface area contributed by atoms with Crippen molar-refractivity contribution in [2.45, 2.75) is 51.1 Å². The number of carboxylic acids is 1. The number of aliphatic carboxylic acids is 1. The van der Waals surface area contributed by atoms with E-state index in [4.69, 9.17) is 5.11 Å². The molecule has 4 aliphatic rings. The number of hydrogen-bond acceptors (Lipinski definition) is 2. The molecule has 2 aromatic carbocycles. The van der Waals surface area contributed by atoms with Gasteiger partial charge in [0.05, 0.1) is 6.04 Å². The van der Waals surface area contributed by atoms with Gasteiger partial charge in [0.25, 0.3) is 0 Å². The summed E-state index contributed by atoms with van der Waals surface area (Å²) in [6.45, 7) is 5.17. The number of benzene rings is 2. The van der Waals surface area contributed by atoms with Crippen molar-refractivity contribution in [1.82, 2.24) is 9.88 Å². The van der Waals surface area contributed by atoms with Gasteiger partial charge in [0, 0.05) is 40.3 Å². The fourth-order valence-corrected chi connectivity index (χ4v) is 6.63. The predicted octanol–water partition coefficient (Wildman–Crippen LogP) is 6.07. The van der Waals surface area contributed by atoms with E-state index in [0.717, 1.165) is 47.1 Å². The van der Waals surface area contributed by atoms with Crippen LogP contribution < -0.4 is 0 Å². The van der Waals surface area contributed by atoms with E-state index >= 15 is 8.78 Å². The number of nitrogens with one attached hydrogen (secondary N) is 1. The molecule has 34 heavy (non-hydrogen) atoms. The molecule has 3 fully saturated rings. The minimum atomic E-state index is -1.16. The van der Waals surface area contributed by atoms with Crippen molar-refractivity contribution in [3.8, 4) is 0 Å². The van der Waals surface area contributed by atoms with E-state index in [1.807, 2.05) is 18.2 Å². The van der Waals surface area contributed by atoms with Crippen molar-refractivity contribution in [2.24, 2.45) is 11.3 Å². The van der Waals surface area contributed by atoms with Gasteiger partial charge in [-0.3, -0.25) is 4.90 Å². The second kappa shape index (κ2) is 7.25. The fourth-order valence-electron chi connectivity index (χ4n) is 6.63. The number of aromatic nitrogens is 1. The van der Waals surface area contributed by atoms with E-state index in [1.54, 1.807) is 0 Å². The lowest BCUT2D eigenvalue weighted by molar-refractivity contribution is -0.145. The first-order chi connectivity index (χ1) is 16.2. The number of aromatic amines is 1. The molecule has 2 N–H and O–H groups in total. The molecule has 1 aliphatic heterocycles. The summed E-state index contributed by atoms with van der Waals surface area (Å²) in [6, 6.07) is 9.93. The zero-order valence-electron chi connectivity index (χ0n) is 19.4. The molecule has 4 nitrogen and oxygen atoms in total. The summed E-state index contributed by atoms with van der Waals surface area (Å²) in [4.78, 5) is 16.7. The summed E-state index contributed by atoms with van der Waals surface area (Å²) in [7, 11) is 0. The van der Waals surface area contributed by atoms with Gasteiger partial charge in [-0.2, -0.15) is 0 Å². The first-order valence-electron chi connectivity index (χ1n) is 11.9. The van der Waals surface area contributed by atoms with Crippen molar-refractivity contribution < 1.29 is 18.7 Å².